The zero-order valence-corrected chi connectivity index (χ0v) is 6.99. The van der Waals surface area contributed by atoms with Gasteiger partial charge < -0.3 is 4.74 Å². The highest BCUT2D eigenvalue weighted by atomic mass is 19.3. The van der Waals surface area contributed by atoms with Crippen LogP contribution in [0.25, 0.3) is 0 Å². The normalized spacial score (nSPS) is 25.1. The molecule has 0 N–H and O–H groups in total. The molecule has 1 aliphatic heterocycles. The molecule has 0 saturated carbocycles. The van der Waals surface area contributed by atoms with Crippen molar-refractivity contribution in [3.63, 3.8) is 0 Å². The van der Waals surface area contributed by atoms with Crippen LogP contribution in [0.1, 0.15) is 26.7 Å². The summed E-state index contributed by atoms with van der Waals surface area (Å²) in [6.45, 7) is 3.58. The fourth-order valence-electron chi connectivity index (χ4n) is 1.26. The van der Waals surface area contributed by atoms with E-state index in [0.717, 1.165) is 6.92 Å². The Kier molecular flexibility index (Phi) is 2.19. The highest BCUT2D eigenvalue weighted by Gasteiger charge is 2.46. The van der Waals surface area contributed by atoms with Gasteiger partial charge in [-0.05, 0) is 19.8 Å². The summed E-state index contributed by atoms with van der Waals surface area (Å²) in [5, 5.41) is 0. The first-order valence-corrected chi connectivity index (χ1v) is 3.91. The van der Waals surface area contributed by atoms with Crippen LogP contribution in [-0.4, -0.2) is 19.1 Å². The molecule has 1 rings (SSSR count). The van der Waals surface area contributed by atoms with Crippen molar-refractivity contribution in [3.8, 4) is 0 Å². The van der Waals surface area contributed by atoms with Crippen LogP contribution in [0.4, 0.5) is 8.78 Å². The summed E-state index contributed by atoms with van der Waals surface area (Å²) in [5.41, 5.74) is -0.842. The van der Waals surface area contributed by atoms with Crippen LogP contribution < -0.4 is 0 Å². The number of hydrogen-bond donors (Lipinski definition) is 0. The van der Waals surface area contributed by atoms with Crippen molar-refractivity contribution in [2.24, 2.45) is 5.41 Å². The lowest BCUT2D eigenvalue weighted by atomic mass is 9.77. The van der Waals surface area contributed by atoms with Crippen LogP contribution in [0, 0.1) is 5.41 Å². The van der Waals surface area contributed by atoms with Crippen LogP contribution in [0.2, 0.25) is 0 Å². The van der Waals surface area contributed by atoms with Gasteiger partial charge >= 0.3 is 0 Å². The molecule has 0 aromatic heterocycles. The quantitative estimate of drug-likeness (QED) is 0.578. The number of rotatable bonds is 1. The molecule has 1 heterocycles. The third-order valence-corrected chi connectivity index (χ3v) is 2.66. The van der Waals surface area contributed by atoms with E-state index in [9.17, 15) is 8.78 Å². The van der Waals surface area contributed by atoms with Gasteiger partial charge in [-0.3, -0.25) is 0 Å². The summed E-state index contributed by atoms with van der Waals surface area (Å²) < 4.78 is 30.9. The van der Waals surface area contributed by atoms with Crippen molar-refractivity contribution < 1.29 is 13.5 Å². The van der Waals surface area contributed by atoms with E-state index in [4.69, 9.17) is 4.74 Å². The maximum atomic E-state index is 12.9. The molecular formula is C8H14F2O. The van der Waals surface area contributed by atoms with Crippen molar-refractivity contribution in [1.29, 1.82) is 0 Å². The molecule has 3 heteroatoms. The molecule has 0 unspecified atom stereocenters. The first-order valence-electron chi connectivity index (χ1n) is 3.91. The van der Waals surface area contributed by atoms with Gasteiger partial charge in [-0.2, -0.15) is 0 Å². The van der Waals surface area contributed by atoms with Crippen molar-refractivity contribution in [2.75, 3.05) is 13.2 Å². The Morgan fingerprint density at radius 2 is 1.73 bits per heavy atom. The van der Waals surface area contributed by atoms with Crippen LogP contribution >= 0.6 is 0 Å². The molecule has 1 aliphatic rings. The molecule has 0 bridgehead atoms. The second-order valence-corrected chi connectivity index (χ2v) is 3.56. The van der Waals surface area contributed by atoms with E-state index >= 15 is 0 Å². The molecule has 0 aromatic rings. The van der Waals surface area contributed by atoms with Gasteiger partial charge in [0.1, 0.15) is 0 Å². The lowest BCUT2D eigenvalue weighted by Crippen LogP contribution is -2.40. The molecule has 66 valence electrons. The van der Waals surface area contributed by atoms with Gasteiger partial charge in [-0.1, -0.05) is 6.92 Å². The lowest BCUT2D eigenvalue weighted by Gasteiger charge is -2.38. The maximum Gasteiger partial charge on any atom is 0.250 e. The molecule has 1 saturated heterocycles. The molecule has 11 heavy (non-hydrogen) atoms. The highest BCUT2D eigenvalue weighted by Crippen LogP contribution is 2.43. The number of halogens is 2. The monoisotopic (exact) mass is 164 g/mol. The fraction of sp³-hybridized carbons (Fsp3) is 1.00. The number of alkyl halides is 2. The molecule has 0 radical (unpaired) electrons. The molecule has 0 amide bonds. The van der Waals surface area contributed by atoms with Crippen LogP contribution in [0.15, 0.2) is 0 Å². The SMILES string of the molecule is CC(F)(F)C1(C)CCOCC1. The van der Waals surface area contributed by atoms with Crippen molar-refractivity contribution in [2.45, 2.75) is 32.6 Å². The van der Waals surface area contributed by atoms with E-state index in [1.165, 1.54) is 0 Å². The Morgan fingerprint density at radius 1 is 1.27 bits per heavy atom. The smallest absolute Gasteiger partial charge is 0.250 e. The van der Waals surface area contributed by atoms with Crippen molar-refractivity contribution in [1.82, 2.24) is 0 Å². The minimum absolute atomic E-state index is 0.469. The van der Waals surface area contributed by atoms with Gasteiger partial charge in [0, 0.05) is 18.6 Å². The van der Waals surface area contributed by atoms with Gasteiger partial charge in [-0.15, -0.1) is 0 Å². The molecule has 0 spiro atoms. The predicted molar refractivity (Wildman–Crippen MR) is 38.8 cm³/mol. The first kappa shape index (κ1) is 8.91. The van der Waals surface area contributed by atoms with Crippen LogP contribution in [0.5, 0.6) is 0 Å². The average molecular weight is 164 g/mol. The van der Waals surface area contributed by atoms with Gasteiger partial charge in [0.2, 0.25) is 0 Å². The Balaban J connectivity index is 2.64. The zero-order chi connectivity index (χ0) is 8.54. The minimum Gasteiger partial charge on any atom is -0.381 e. The zero-order valence-electron chi connectivity index (χ0n) is 6.99. The number of hydrogen-bond acceptors (Lipinski definition) is 1. The predicted octanol–water partition coefficient (Wildman–Crippen LogP) is 2.46. The minimum atomic E-state index is -2.57. The van der Waals surface area contributed by atoms with Crippen LogP contribution in [0.3, 0.4) is 0 Å². The van der Waals surface area contributed by atoms with Crippen LogP contribution in [-0.2, 0) is 4.74 Å². The van der Waals surface area contributed by atoms with Gasteiger partial charge in [0.15, 0.2) is 0 Å². The summed E-state index contributed by atoms with van der Waals surface area (Å²) in [6, 6.07) is 0. The standard InChI is InChI=1S/C8H14F2O/c1-7(8(2,9)10)3-5-11-6-4-7/h3-6H2,1-2H3. The largest absolute Gasteiger partial charge is 0.381 e. The van der Waals surface area contributed by atoms with E-state index in [0.29, 0.717) is 26.1 Å². The lowest BCUT2D eigenvalue weighted by molar-refractivity contribution is -0.141. The summed E-state index contributed by atoms with van der Waals surface area (Å²) in [4.78, 5) is 0. The Bertz CT molecular complexity index is 134. The third-order valence-electron chi connectivity index (χ3n) is 2.66. The Morgan fingerprint density at radius 3 is 2.00 bits per heavy atom. The summed E-state index contributed by atoms with van der Waals surface area (Å²) >= 11 is 0. The van der Waals surface area contributed by atoms with Crippen molar-refractivity contribution >= 4 is 0 Å². The fourth-order valence-corrected chi connectivity index (χ4v) is 1.26. The third kappa shape index (κ3) is 1.70. The molecular weight excluding hydrogens is 150 g/mol. The Hall–Kier alpha value is -0.180. The summed E-state index contributed by atoms with van der Waals surface area (Å²) in [7, 11) is 0. The van der Waals surface area contributed by atoms with E-state index in [2.05, 4.69) is 0 Å². The highest BCUT2D eigenvalue weighted by molar-refractivity contribution is 4.87. The summed E-state index contributed by atoms with van der Waals surface area (Å²) in [6.07, 6.45) is 0.938. The molecule has 0 atom stereocenters. The van der Waals surface area contributed by atoms with Gasteiger partial charge in [0.05, 0.1) is 0 Å². The first-order chi connectivity index (χ1) is 4.96. The van der Waals surface area contributed by atoms with Gasteiger partial charge in [0.25, 0.3) is 5.92 Å². The van der Waals surface area contributed by atoms with E-state index in [1.807, 2.05) is 0 Å². The van der Waals surface area contributed by atoms with E-state index < -0.39 is 11.3 Å². The summed E-state index contributed by atoms with van der Waals surface area (Å²) in [5.74, 6) is -2.57. The van der Waals surface area contributed by atoms with E-state index in [-0.39, 0.29) is 0 Å². The second-order valence-electron chi connectivity index (χ2n) is 3.56. The molecule has 0 aliphatic carbocycles. The average Bonchev–Trinajstić information content (AvgIpc) is 1.87. The topological polar surface area (TPSA) is 9.23 Å². The molecule has 1 fully saturated rings. The van der Waals surface area contributed by atoms with Crippen molar-refractivity contribution in [3.05, 3.63) is 0 Å². The van der Waals surface area contributed by atoms with Gasteiger partial charge in [-0.25, -0.2) is 8.78 Å². The number of ether oxygens (including phenoxy) is 1. The Labute approximate surface area is 65.7 Å². The van der Waals surface area contributed by atoms with E-state index in [1.54, 1.807) is 6.92 Å². The maximum absolute atomic E-state index is 12.9. The second kappa shape index (κ2) is 2.70. The molecule has 0 aromatic carbocycles. The molecule has 1 nitrogen and oxygen atoms in total.